The van der Waals surface area contributed by atoms with Gasteiger partial charge in [0.05, 0.1) is 14.2 Å². The SMILES string of the molecule is COc1cc(OC)cc(C(N)Cc2cc(F)ccc2C)c1. The third-order valence-corrected chi connectivity index (χ3v) is 3.55. The number of rotatable bonds is 5. The minimum Gasteiger partial charge on any atom is -0.497 e. The molecular formula is C17H20FNO2. The van der Waals surface area contributed by atoms with Crippen molar-refractivity contribution < 1.29 is 13.9 Å². The summed E-state index contributed by atoms with van der Waals surface area (Å²) in [7, 11) is 3.20. The summed E-state index contributed by atoms with van der Waals surface area (Å²) in [4.78, 5) is 0. The first kappa shape index (κ1) is 15.3. The molecule has 3 nitrogen and oxygen atoms in total. The molecule has 0 aromatic heterocycles. The number of hydrogen-bond donors (Lipinski definition) is 1. The number of aryl methyl sites for hydroxylation is 1. The lowest BCUT2D eigenvalue weighted by molar-refractivity contribution is 0.392. The van der Waals surface area contributed by atoms with Crippen LogP contribution in [0.3, 0.4) is 0 Å². The van der Waals surface area contributed by atoms with Crippen molar-refractivity contribution in [2.75, 3.05) is 14.2 Å². The molecule has 0 saturated carbocycles. The Bertz CT molecular complexity index is 606. The second kappa shape index (κ2) is 6.59. The van der Waals surface area contributed by atoms with Gasteiger partial charge in [-0.2, -0.15) is 0 Å². The van der Waals surface area contributed by atoms with Gasteiger partial charge in [-0.3, -0.25) is 0 Å². The van der Waals surface area contributed by atoms with Crippen LogP contribution in [-0.4, -0.2) is 14.2 Å². The predicted molar refractivity (Wildman–Crippen MR) is 81.3 cm³/mol. The maximum atomic E-state index is 13.4. The van der Waals surface area contributed by atoms with Crippen LogP contribution < -0.4 is 15.2 Å². The maximum absolute atomic E-state index is 13.4. The molecule has 0 fully saturated rings. The van der Waals surface area contributed by atoms with Crippen molar-refractivity contribution in [1.82, 2.24) is 0 Å². The van der Waals surface area contributed by atoms with E-state index in [9.17, 15) is 4.39 Å². The number of halogens is 1. The topological polar surface area (TPSA) is 44.5 Å². The Labute approximate surface area is 124 Å². The Hall–Kier alpha value is -2.07. The molecular weight excluding hydrogens is 269 g/mol. The van der Waals surface area contributed by atoms with Crippen LogP contribution in [0.2, 0.25) is 0 Å². The van der Waals surface area contributed by atoms with Crippen LogP contribution in [0.1, 0.15) is 22.7 Å². The number of nitrogens with two attached hydrogens (primary N) is 1. The summed E-state index contributed by atoms with van der Waals surface area (Å²) >= 11 is 0. The quantitative estimate of drug-likeness (QED) is 0.917. The fourth-order valence-electron chi connectivity index (χ4n) is 2.26. The zero-order valence-corrected chi connectivity index (χ0v) is 12.5. The first-order valence-corrected chi connectivity index (χ1v) is 6.77. The van der Waals surface area contributed by atoms with Crippen molar-refractivity contribution in [1.29, 1.82) is 0 Å². The highest BCUT2D eigenvalue weighted by Crippen LogP contribution is 2.27. The van der Waals surface area contributed by atoms with Gasteiger partial charge in [0.2, 0.25) is 0 Å². The van der Waals surface area contributed by atoms with Crippen molar-refractivity contribution in [3.8, 4) is 11.5 Å². The lowest BCUT2D eigenvalue weighted by Gasteiger charge is -2.16. The molecule has 0 amide bonds. The molecule has 2 aromatic carbocycles. The molecule has 0 spiro atoms. The number of hydrogen-bond acceptors (Lipinski definition) is 3. The Kier molecular flexibility index (Phi) is 4.81. The van der Waals surface area contributed by atoms with Crippen LogP contribution in [0.4, 0.5) is 4.39 Å². The standard InChI is InChI=1S/C17H20FNO2/c1-11-4-5-14(18)6-12(11)9-17(19)13-7-15(20-2)10-16(8-13)21-3/h4-8,10,17H,9,19H2,1-3H3. The molecule has 1 unspecified atom stereocenters. The summed E-state index contributed by atoms with van der Waals surface area (Å²) in [6.45, 7) is 1.95. The van der Waals surface area contributed by atoms with Gasteiger partial charge >= 0.3 is 0 Å². The van der Waals surface area contributed by atoms with E-state index in [0.29, 0.717) is 17.9 Å². The first-order chi connectivity index (χ1) is 10.0. The number of benzene rings is 2. The van der Waals surface area contributed by atoms with Crippen molar-refractivity contribution in [3.63, 3.8) is 0 Å². The van der Waals surface area contributed by atoms with E-state index in [1.807, 2.05) is 19.1 Å². The predicted octanol–water partition coefficient (Wildman–Crippen LogP) is 3.39. The van der Waals surface area contributed by atoms with Crippen LogP contribution >= 0.6 is 0 Å². The second-order valence-corrected chi connectivity index (χ2v) is 5.03. The van der Waals surface area contributed by atoms with E-state index < -0.39 is 0 Å². The van der Waals surface area contributed by atoms with Gasteiger partial charge in [0.1, 0.15) is 17.3 Å². The summed E-state index contributed by atoms with van der Waals surface area (Å²) in [6.07, 6.45) is 0.555. The van der Waals surface area contributed by atoms with Crippen LogP contribution in [-0.2, 0) is 6.42 Å². The van der Waals surface area contributed by atoms with Crippen LogP contribution in [0.5, 0.6) is 11.5 Å². The fraction of sp³-hybridized carbons (Fsp3) is 0.294. The molecule has 0 aliphatic rings. The maximum Gasteiger partial charge on any atom is 0.123 e. The summed E-state index contributed by atoms with van der Waals surface area (Å²) in [6, 6.07) is 10.1. The average molecular weight is 289 g/mol. The highest BCUT2D eigenvalue weighted by atomic mass is 19.1. The smallest absolute Gasteiger partial charge is 0.123 e. The minimum atomic E-state index is -0.255. The first-order valence-electron chi connectivity index (χ1n) is 6.77. The van der Waals surface area contributed by atoms with E-state index in [0.717, 1.165) is 16.7 Å². The molecule has 112 valence electrons. The molecule has 0 heterocycles. The minimum absolute atomic E-state index is 0.244. The van der Waals surface area contributed by atoms with E-state index in [4.69, 9.17) is 15.2 Å². The Morgan fingerprint density at radius 3 is 2.24 bits per heavy atom. The van der Waals surface area contributed by atoms with Gasteiger partial charge < -0.3 is 15.2 Å². The molecule has 4 heteroatoms. The highest BCUT2D eigenvalue weighted by Gasteiger charge is 2.12. The molecule has 0 aliphatic heterocycles. The molecule has 0 aliphatic carbocycles. The van der Waals surface area contributed by atoms with E-state index in [-0.39, 0.29) is 11.9 Å². The average Bonchev–Trinajstić information content (AvgIpc) is 2.50. The van der Waals surface area contributed by atoms with E-state index in [1.54, 1.807) is 26.4 Å². The van der Waals surface area contributed by atoms with E-state index in [2.05, 4.69) is 0 Å². The number of methoxy groups -OCH3 is 2. The highest BCUT2D eigenvalue weighted by molar-refractivity contribution is 5.40. The zero-order valence-electron chi connectivity index (χ0n) is 12.5. The molecule has 1 atom stereocenters. The largest absolute Gasteiger partial charge is 0.497 e. The van der Waals surface area contributed by atoms with Gasteiger partial charge in [0.15, 0.2) is 0 Å². The fourth-order valence-corrected chi connectivity index (χ4v) is 2.26. The van der Waals surface area contributed by atoms with Crippen molar-refractivity contribution in [2.45, 2.75) is 19.4 Å². The summed E-state index contributed by atoms with van der Waals surface area (Å²) in [5.74, 6) is 1.14. The third kappa shape index (κ3) is 3.73. The van der Waals surface area contributed by atoms with Crippen LogP contribution in [0.15, 0.2) is 36.4 Å². The monoisotopic (exact) mass is 289 g/mol. The molecule has 21 heavy (non-hydrogen) atoms. The zero-order chi connectivity index (χ0) is 15.4. The molecule has 0 bridgehead atoms. The van der Waals surface area contributed by atoms with E-state index in [1.165, 1.54) is 12.1 Å². The molecule has 0 radical (unpaired) electrons. The van der Waals surface area contributed by atoms with Gasteiger partial charge in [-0.1, -0.05) is 6.07 Å². The van der Waals surface area contributed by atoms with Crippen molar-refractivity contribution >= 4 is 0 Å². The molecule has 2 N–H and O–H groups in total. The second-order valence-electron chi connectivity index (χ2n) is 5.03. The van der Waals surface area contributed by atoms with Gasteiger partial charge in [-0.15, -0.1) is 0 Å². The van der Waals surface area contributed by atoms with Crippen LogP contribution in [0.25, 0.3) is 0 Å². The van der Waals surface area contributed by atoms with E-state index >= 15 is 0 Å². The normalized spacial score (nSPS) is 12.0. The lowest BCUT2D eigenvalue weighted by Crippen LogP contribution is -2.14. The van der Waals surface area contributed by atoms with Gasteiger partial charge in [0, 0.05) is 12.1 Å². The number of ether oxygens (including phenoxy) is 2. The van der Waals surface area contributed by atoms with Gasteiger partial charge in [0.25, 0.3) is 0 Å². The summed E-state index contributed by atoms with van der Waals surface area (Å²) in [5, 5.41) is 0. The van der Waals surface area contributed by atoms with Gasteiger partial charge in [-0.05, 0) is 54.3 Å². The summed E-state index contributed by atoms with van der Waals surface area (Å²) in [5.41, 5.74) is 9.09. The van der Waals surface area contributed by atoms with Crippen molar-refractivity contribution in [3.05, 3.63) is 58.9 Å². The Balaban J connectivity index is 2.27. The van der Waals surface area contributed by atoms with Gasteiger partial charge in [-0.25, -0.2) is 4.39 Å². The summed E-state index contributed by atoms with van der Waals surface area (Å²) < 4.78 is 23.8. The Morgan fingerprint density at radius 1 is 1.05 bits per heavy atom. The molecule has 0 saturated heterocycles. The Morgan fingerprint density at radius 2 is 1.67 bits per heavy atom. The third-order valence-electron chi connectivity index (χ3n) is 3.55. The van der Waals surface area contributed by atoms with Crippen LogP contribution in [0, 0.1) is 12.7 Å². The van der Waals surface area contributed by atoms with Crippen molar-refractivity contribution in [2.24, 2.45) is 5.73 Å². The molecule has 2 aromatic rings. The molecule has 2 rings (SSSR count). The lowest BCUT2D eigenvalue weighted by atomic mass is 9.96.